The molecule has 4 heteroatoms. The van der Waals surface area contributed by atoms with Crippen LogP contribution in [-0.2, 0) is 4.79 Å². The van der Waals surface area contributed by atoms with Crippen LogP contribution in [0.1, 0.15) is 45.4 Å². The van der Waals surface area contributed by atoms with Crippen molar-refractivity contribution in [3.8, 4) is 0 Å². The highest BCUT2D eigenvalue weighted by Gasteiger charge is 2.34. The molecule has 1 aliphatic carbocycles. The summed E-state index contributed by atoms with van der Waals surface area (Å²) in [7, 11) is 0. The van der Waals surface area contributed by atoms with Gasteiger partial charge in [0.15, 0.2) is 0 Å². The summed E-state index contributed by atoms with van der Waals surface area (Å²) in [5.41, 5.74) is 5.48. The van der Waals surface area contributed by atoms with E-state index in [1.807, 2.05) is 6.92 Å². The number of carbonyl (C=O) groups excluding carboxylic acids is 1. The second-order valence-electron chi connectivity index (χ2n) is 5.76. The Bertz CT molecular complexity index is 280. The van der Waals surface area contributed by atoms with Gasteiger partial charge in [-0.1, -0.05) is 19.8 Å². The molecular formula is C14H27N3O. The number of likely N-dealkylation sites (N-methyl/N-ethyl adjacent to an activating group) is 1. The smallest absolute Gasteiger partial charge is 0.235 e. The van der Waals surface area contributed by atoms with Crippen molar-refractivity contribution in [2.75, 3.05) is 19.6 Å². The highest BCUT2D eigenvalue weighted by Crippen LogP contribution is 2.35. The minimum atomic E-state index is -0.213. The van der Waals surface area contributed by atoms with Gasteiger partial charge in [0, 0.05) is 12.6 Å². The molecular weight excluding hydrogens is 226 g/mol. The number of primary amides is 1. The Labute approximate surface area is 110 Å². The number of carbonyl (C=O) groups is 1. The van der Waals surface area contributed by atoms with E-state index in [2.05, 4.69) is 10.2 Å². The summed E-state index contributed by atoms with van der Waals surface area (Å²) in [5.74, 6) is 0.650. The lowest BCUT2D eigenvalue weighted by Crippen LogP contribution is -2.55. The van der Waals surface area contributed by atoms with E-state index in [0.29, 0.717) is 6.04 Å². The summed E-state index contributed by atoms with van der Waals surface area (Å²) in [6.07, 6.45) is 8.08. The highest BCUT2D eigenvalue weighted by atomic mass is 16.1. The molecule has 0 radical (unpaired) electrons. The standard InChI is InChI=1S/C14H27N3O/c1-2-16-12(14(15)18)10-17-9-5-7-11-6-3-4-8-13(11)17/h11-13,16H,2-10H2,1H3,(H2,15,18)/t11-,12?,13-/m1/s1. The van der Waals surface area contributed by atoms with E-state index in [-0.39, 0.29) is 11.9 Å². The van der Waals surface area contributed by atoms with Crippen molar-refractivity contribution in [1.29, 1.82) is 0 Å². The maximum Gasteiger partial charge on any atom is 0.235 e. The van der Waals surface area contributed by atoms with E-state index in [9.17, 15) is 4.79 Å². The number of rotatable bonds is 5. The Morgan fingerprint density at radius 3 is 2.78 bits per heavy atom. The van der Waals surface area contributed by atoms with Crippen LogP contribution in [0.15, 0.2) is 0 Å². The molecule has 4 nitrogen and oxygen atoms in total. The topological polar surface area (TPSA) is 58.4 Å². The predicted octanol–water partition coefficient (Wildman–Crippen LogP) is 1.10. The largest absolute Gasteiger partial charge is 0.368 e. The average molecular weight is 253 g/mol. The summed E-state index contributed by atoms with van der Waals surface area (Å²) >= 11 is 0. The Balaban J connectivity index is 1.95. The molecule has 1 saturated heterocycles. The van der Waals surface area contributed by atoms with Crippen LogP contribution in [0.2, 0.25) is 0 Å². The molecule has 0 spiro atoms. The molecule has 1 amide bonds. The molecule has 2 aliphatic rings. The van der Waals surface area contributed by atoms with Crippen LogP contribution in [0, 0.1) is 5.92 Å². The minimum absolute atomic E-state index is 0.185. The molecule has 1 saturated carbocycles. The van der Waals surface area contributed by atoms with Gasteiger partial charge in [0.05, 0.1) is 6.04 Å². The van der Waals surface area contributed by atoms with Gasteiger partial charge in [-0.3, -0.25) is 9.69 Å². The third-order valence-electron chi connectivity index (χ3n) is 4.57. The van der Waals surface area contributed by atoms with E-state index in [0.717, 1.165) is 25.6 Å². The molecule has 1 aliphatic heterocycles. The van der Waals surface area contributed by atoms with Gasteiger partial charge < -0.3 is 11.1 Å². The summed E-state index contributed by atoms with van der Waals surface area (Å²) in [5, 5.41) is 3.21. The number of hydrogen-bond acceptors (Lipinski definition) is 3. The van der Waals surface area contributed by atoms with E-state index in [4.69, 9.17) is 5.73 Å². The van der Waals surface area contributed by atoms with Crippen molar-refractivity contribution in [2.24, 2.45) is 11.7 Å². The van der Waals surface area contributed by atoms with Crippen LogP contribution in [0.3, 0.4) is 0 Å². The summed E-state index contributed by atoms with van der Waals surface area (Å²) < 4.78 is 0. The molecule has 0 bridgehead atoms. The van der Waals surface area contributed by atoms with Crippen LogP contribution in [0.4, 0.5) is 0 Å². The van der Waals surface area contributed by atoms with Crippen LogP contribution in [0.5, 0.6) is 0 Å². The van der Waals surface area contributed by atoms with Gasteiger partial charge in [-0.15, -0.1) is 0 Å². The van der Waals surface area contributed by atoms with Gasteiger partial charge >= 0.3 is 0 Å². The second-order valence-corrected chi connectivity index (χ2v) is 5.76. The molecule has 2 fully saturated rings. The zero-order valence-corrected chi connectivity index (χ0v) is 11.5. The fraction of sp³-hybridized carbons (Fsp3) is 0.929. The maximum absolute atomic E-state index is 11.5. The first kappa shape index (κ1) is 13.8. The van der Waals surface area contributed by atoms with Gasteiger partial charge in [-0.25, -0.2) is 0 Å². The lowest BCUT2D eigenvalue weighted by Gasteiger charge is -2.45. The fourth-order valence-corrected chi connectivity index (χ4v) is 3.69. The first-order valence-corrected chi connectivity index (χ1v) is 7.49. The minimum Gasteiger partial charge on any atom is -0.368 e. The van der Waals surface area contributed by atoms with Gasteiger partial charge in [0.25, 0.3) is 0 Å². The third kappa shape index (κ3) is 3.23. The van der Waals surface area contributed by atoms with E-state index in [1.165, 1.54) is 38.5 Å². The normalized spacial score (nSPS) is 30.7. The number of likely N-dealkylation sites (tertiary alicyclic amines) is 1. The number of fused-ring (bicyclic) bond motifs is 1. The first-order valence-electron chi connectivity index (χ1n) is 7.49. The Hall–Kier alpha value is -0.610. The van der Waals surface area contributed by atoms with Crippen LogP contribution in [0.25, 0.3) is 0 Å². The molecule has 3 atom stereocenters. The zero-order valence-electron chi connectivity index (χ0n) is 11.5. The van der Waals surface area contributed by atoms with E-state index >= 15 is 0 Å². The van der Waals surface area contributed by atoms with Gasteiger partial charge in [-0.05, 0) is 44.7 Å². The van der Waals surface area contributed by atoms with Crippen LogP contribution < -0.4 is 11.1 Å². The lowest BCUT2D eigenvalue weighted by molar-refractivity contribution is -0.121. The maximum atomic E-state index is 11.5. The molecule has 1 heterocycles. The first-order chi connectivity index (χ1) is 8.72. The van der Waals surface area contributed by atoms with Crippen molar-refractivity contribution < 1.29 is 4.79 Å². The van der Waals surface area contributed by atoms with Gasteiger partial charge in [0.1, 0.15) is 0 Å². The lowest BCUT2D eigenvalue weighted by atomic mass is 9.78. The van der Waals surface area contributed by atoms with E-state index < -0.39 is 0 Å². The molecule has 18 heavy (non-hydrogen) atoms. The Morgan fingerprint density at radius 1 is 1.33 bits per heavy atom. The monoisotopic (exact) mass is 253 g/mol. The van der Waals surface area contributed by atoms with Crippen LogP contribution >= 0.6 is 0 Å². The van der Waals surface area contributed by atoms with Gasteiger partial charge in [0.2, 0.25) is 5.91 Å². The predicted molar refractivity (Wildman–Crippen MR) is 73.2 cm³/mol. The summed E-state index contributed by atoms with van der Waals surface area (Å²) in [4.78, 5) is 14.0. The Morgan fingerprint density at radius 2 is 2.06 bits per heavy atom. The van der Waals surface area contributed by atoms with Crippen LogP contribution in [-0.4, -0.2) is 42.5 Å². The number of amides is 1. The SMILES string of the molecule is CCNC(CN1CCC[C@H]2CCCC[C@H]21)C(N)=O. The molecule has 0 aromatic rings. The van der Waals surface area contributed by atoms with Gasteiger partial charge in [-0.2, -0.15) is 0 Å². The van der Waals surface area contributed by atoms with Crippen molar-refractivity contribution in [3.05, 3.63) is 0 Å². The van der Waals surface area contributed by atoms with Crippen molar-refractivity contribution in [3.63, 3.8) is 0 Å². The van der Waals surface area contributed by atoms with E-state index in [1.54, 1.807) is 0 Å². The number of hydrogen-bond donors (Lipinski definition) is 2. The fourth-order valence-electron chi connectivity index (χ4n) is 3.69. The summed E-state index contributed by atoms with van der Waals surface area (Å²) in [6, 6.07) is 0.517. The van der Waals surface area contributed by atoms with Crippen molar-refractivity contribution >= 4 is 5.91 Å². The quantitative estimate of drug-likeness (QED) is 0.771. The molecule has 0 aromatic carbocycles. The zero-order chi connectivity index (χ0) is 13.0. The molecule has 0 aromatic heterocycles. The molecule has 3 N–H and O–H groups in total. The number of nitrogens with zero attached hydrogens (tertiary/aromatic N) is 1. The number of nitrogens with two attached hydrogens (primary N) is 1. The third-order valence-corrected chi connectivity index (χ3v) is 4.57. The highest BCUT2D eigenvalue weighted by molar-refractivity contribution is 5.80. The molecule has 2 rings (SSSR count). The average Bonchev–Trinajstić information content (AvgIpc) is 2.38. The second kappa shape index (κ2) is 6.53. The summed E-state index contributed by atoms with van der Waals surface area (Å²) in [6.45, 7) is 4.76. The van der Waals surface area contributed by atoms with Crippen molar-refractivity contribution in [2.45, 2.75) is 57.5 Å². The molecule has 104 valence electrons. The Kier molecular flexibility index (Phi) is 5.01. The number of piperidine rings is 1. The van der Waals surface area contributed by atoms with Crippen molar-refractivity contribution in [1.82, 2.24) is 10.2 Å². The molecule has 1 unspecified atom stereocenters. The number of nitrogens with one attached hydrogen (secondary N) is 1.